The number of rotatable bonds is 1. The standard InChI is InChI=1S/C3H4BrNO/c1-2-3(6)5-4/h2H,1H2,(H,5,6). The van der Waals surface area contributed by atoms with Gasteiger partial charge in [0, 0.05) is 16.1 Å². The summed E-state index contributed by atoms with van der Waals surface area (Å²) in [5.74, 6) is -0.227. The third-order valence-electron chi connectivity index (χ3n) is 0.279. The number of halogens is 1. The topological polar surface area (TPSA) is 29.1 Å². The van der Waals surface area contributed by atoms with Crippen LogP contribution >= 0.6 is 16.1 Å². The molecule has 0 aromatic heterocycles. The summed E-state index contributed by atoms with van der Waals surface area (Å²) in [4.78, 5) is 9.90. The lowest BCUT2D eigenvalue weighted by molar-refractivity contribution is -0.114. The zero-order valence-electron chi connectivity index (χ0n) is 3.07. The molecule has 3 heteroatoms. The number of hydrogen-bond acceptors (Lipinski definition) is 1. The zero-order valence-corrected chi connectivity index (χ0v) is 4.66. The van der Waals surface area contributed by atoms with Gasteiger partial charge in [-0.05, 0) is 6.08 Å². The van der Waals surface area contributed by atoms with Crippen LogP contribution in [-0.4, -0.2) is 5.91 Å². The molecule has 0 spiro atoms. The molecule has 0 unspecified atom stereocenters. The van der Waals surface area contributed by atoms with Gasteiger partial charge in [-0.2, -0.15) is 0 Å². The smallest absolute Gasteiger partial charge is 0.253 e. The lowest BCUT2D eigenvalue weighted by atomic mass is 10.6. The van der Waals surface area contributed by atoms with Crippen molar-refractivity contribution in [3.05, 3.63) is 12.7 Å². The Kier molecular flexibility index (Phi) is 2.75. The van der Waals surface area contributed by atoms with Gasteiger partial charge >= 0.3 is 0 Å². The predicted octanol–water partition coefficient (Wildman–Crippen LogP) is 0.599. The predicted molar refractivity (Wildman–Crippen MR) is 27.3 cm³/mol. The van der Waals surface area contributed by atoms with Gasteiger partial charge in [0.25, 0.3) is 5.91 Å². The zero-order chi connectivity index (χ0) is 4.99. The molecule has 0 aliphatic heterocycles. The first-order valence-electron chi connectivity index (χ1n) is 1.34. The van der Waals surface area contributed by atoms with E-state index in [2.05, 4.69) is 27.1 Å². The monoisotopic (exact) mass is 149 g/mol. The molecular formula is C3H4BrNO. The molecule has 0 aliphatic rings. The van der Waals surface area contributed by atoms with E-state index in [-0.39, 0.29) is 5.91 Å². The summed E-state index contributed by atoms with van der Waals surface area (Å²) in [5, 5.41) is 0. The van der Waals surface area contributed by atoms with Crippen LogP contribution < -0.4 is 4.34 Å². The van der Waals surface area contributed by atoms with E-state index in [9.17, 15) is 4.79 Å². The van der Waals surface area contributed by atoms with Crippen LogP contribution in [0.15, 0.2) is 12.7 Å². The van der Waals surface area contributed by atoms with Crippen molar-refractivity contribution in [1.29, 1.82) is 0 Å². The van der Waals surface area contributed by atoms with E-state index >= 15 is 0 Å². The molecule has 0 aliphatic carbocycles. The lowest BCUT2D eigenvalue weighted by Gasteiger charge is -1.79. The molecule has 0 saturated heterocycles. The summed E-state index contributed by atoms with van der Waals surface area (Å²) in [6.07, 6.45) is 1.18. The highest BCUT2D eigenvalue weighted by atomic mass is 79.9. The molecule has 0 atom stereocenters. The quantitative estimate of drug-likeness (QED) is 0.430. The summed E-state index contributed by atoms with van der Waals surface area (Å²) < 4.78 is 2.17. The first kappa shape index (κ1) is 5.69. The summed E-state index contributed by atoms with van der Waals surface area (Å²) in [6.45, 7) is 3.19. The number of amides is 1. The largest absolute Gasteiger partial charge is 0.289 e. The first-order valence-corrected chi connectivity index (χ1v) is 2.13. The van der Waals surface area contributed by atoms with E-state index in [1.807, 2.05) is 0 Å². The highest BCUT2D eigenvalue weighted by Crippen LogP contribution is 1.68. The molecule has 2 nitrogen and oxygen atoms in total. The maximum absolute atomic E-state index is 9.90. The Morgan fingerprint density at radius 3 is 2.50 bits per heavy atom. The van der Waals surface area contributed by atoms with E-state index in [4.69, 9.17) is 0 Å². The van der Waals surface area contributed by atoms with Crippen molar-refractivity contribution in [2.45, 2.75) is 0 Å². The van der Waals surface area contributed by atoms with Crippen LogP contribution in [0.25, 0.3) is 0 Å². The average molecular weight is 150 g/mol. The Morgan fingerprint density at radius 1 is 2.00 bits per heavy atom. The van der Waals surface area contributed by atoms with Gasteiger partial charge in [0.05, 0.1) is 0 Å². The van der Waals surface area contributed by atoms with Gasteiger partial charge in [-0.25, -0.2) is 0 Å². The van der Waals surface area contributed by atoms with E-state index in [1.165, 1.54) is 6.08 Å². The van der Waals surface area contributed by atoms with Crippen LogP contribution in [-0.2, 0) is 4.79 Å². The fourth-order valence-corrected chi connectivity index (χ4v) is 0.200. The molecule has 0 aromatic rings. The maximum Gasteiger partial charge on any atom is 0.253 e. The third-order valence-corrected chi connectivity index (χ3v) is 0.669. The molecule has 34 valence electrons. The highest BCUT2D eigenvalue weighted by Gasteiger charge is 1.80. The Balaban J connectivity index is 3.23. The van der Waals surface area contributed by atoms with Crippen LogP contribution in [0.5, 0.6) is 0 Å². The van der Waals surface area contributed by atoms with E-state index < -0.39 is 0 Å². The second kappa shape index (κ2) is 2.90. The van der Waals surface area contributed by atoms with Crippen molar-refractivity contribution in [1.82, 2.24) is 4.34 Å². The van der Waals surface area contributed by atoms with E-state index in [1.54, 1.807) is 0 Å². The molecule has 1 amide bonds. The summed E-state index contributed by atoms with van der Waals surface area (Å²) in [5.41, 5.74) is 0. The van der Waals surface area contributed by atoms with Gasteiger partial charge in [-0.3, -0.25) is 9.14 Å². The highest BCUT2D eigenvalue weighted by molar-refractivity contribution is 9.08. The minimum Gasteiger partial charge on any atom is -0.289 e. The lowest BCUT2D eigenvalue weighted by Crippen LogP contribution is -2.05. The molecular weight excluding hydrogens is 146 g/mol. The van der Waals surface area contributed by atoms with Crippen molar-refractivity contribution in [2.75, 3.05) is 0 Å². The molecule has 0 heterocycles. The molecule has 6 heavy (non-hydrogen) atoms. The van der Waals surface area contributed by atoms with Crippen LogP contribution in [0.2, 0.25) is 0 Å². The van der Waals surface area contributed by atoms with Gasteiger partial charge in [0.2, 0.25) is 0 Å². The first-order chi connectivity index (χ1) is 2.81. The maximum atomic E-state index is 9.90. The van der Waals surface area contributed by atoms with Gasteiger partial charge in [-0.1, -0.05) is 6.58 Å². The average Bonchev–Trinajstić information content (AvgIpc) is 1.65. The third kappa shape index (κ3) is 1.96. The van der Waals surface area contributed by atoms with Crippen molar-refractivity contribution >= 4 is 22.1 Å². The molecule has 0 saturated carbocycles. The second-order valence-corrected chi connectivity index (χ2v) is 1.06. The number of nitrogens with one attached hydrogen (secondary N) is 1. The fraction of sp³-hybridized carbons (Fsp3) is 0. The number of carbonyl (C=O) groups excluding carboxylic acids is 1. The van der Waals surface area contributed by atoms with Crippen molar-refractivity contribution < 1.29 is 4.79 Å². The van der Waals surface area contributed by atoms with Crippen molar-refractivity contribution in [2.24, 2.45) is 0 Å². The van der Waals surface area contributed by atoms with Gasteiger partial charge in [0.15, 0.2) is 0 Å². The molecule has 1 N–H and O–H groups in total. The molecule has 0 aromatic carbocycles. The number of carbonyl (C=O) groups is 1. The molecule has 0 bridgehead atoms. The molecule has 0 radical (unpaired) electrons. The summed E-state index contributed by atoms with van der Waals surface area (Å²) in [7, 11) is 0. The van der Waals surface area contributed by atoms with E-state index in [0.717, 1.165) is 0 Å². The Morgan fingerprint density at radius 2 is 2.50 bits per heavy atom. The number of hydrogen-bond donors (Lipinski definition) is 1. The van der Waals surface area contributed by atoms with Gasteiger partial charge in [-0.15, -0.1) is 0 Å². The van der Waals surface area contributed by atoms with Crippen LogP contribution in [0.1, 0.15) is 0 Å². The molecule has 0 fully saturated rings. The Bertz CT molecular complexity index is 71.2. The minimum absolute atomic E-state index is 0.227. The Hall–Kier alpha value is -0.310. The van der Waals surface area contributed by atoms with Gasteiger partial charge < -0.3 is 0 Å². The summed E-state index contributed by atoms with van der Waals surface area (Å²) >= 11 is 2.70. The van der Waals surface area contributed by atoms with E-state index in [0.29, 0.717) is 0 Å². The minimum atomic E-state index is -0.227. The SMILES string of the molecule is C=CC(=O)NBr. The van der Waals surface area contributed by atoms with Crippen molar-refractivity contribution in [3.63, 3.8) is 0 Å². The molecule has 0 rings (SSSR count). The normalized spacial score (nSPS) is 6.83. The van der Waals surface area contributed by atoms with Crippen LogP contribution in [0, 0.1) is 0 Å². The fourth-order valence-electron chi connectivity index (χ4n) is 0.0386. The summed E-state index contributed by atoms with van der Waals surface area (Å²) in [6, 6.07) is 0. The van der Waals surface area contributed by atoms with Crippen molar-refractivity contribution in [3.8, 4) is 0 Å². The van der Waals surface area contributed by atoms with Crippen LogP contribution in [0.3, 0.4) is 0 Å². The van der Waals surface area contributed by atoms with Gasteiger partial charge in [0.1, 0.15) is 0 Å². The Labute approximate surface area is 44.6 Å². The van der Waals surface area contributed by atoms with Crippen LogP contribution in [0.4, 0.5) is 0 Å². The second-order valence-electron chi connectivity index (χ2n) is 0.663.